The highest BCUT2D eigenvalue weighted by atomic mass is 19.1. The SMILES string of the molecule is CNNC(=O)c1cccc(F)c1. The summed E-state index contributed by atoms with van der Waals surface area (Å²) in [7, 11) is 1.57. The quantitative estimate of drug-likeness (QED) is 0.638. The van der Waals surface area contributed by atoms with Crippen LogP contribution in [0, 0.1) is 5.82 Å². The molecule has 1 amide bonds. The van der Waals surface area contributed by atoms with Crippen LogP contribution in [-0.4, -0.2) is 13.0 Å². The summed E-state index contributed by atoms with van der Waals surface area (Å²) in [4.78, 5) is 11.1. The van der Waals surface area contributed by atoms with Crippen molar-refractivity contribution in [2.24, 2.45) is 0 Å². The molecule has 1 aromatic carbocycles. The third kappa shape index (κ3) is 2.03. The first kappa shape index (κ1) is 8.67. The van der Waals surface area contributed by atoms with Gasteiger partial charge in [0.2, 0.25) is 0 Å². The molecule has 4 heteroatoms. The normalized spacial score (nSPS) is 9.50. The highest BCUT2D eigenvalue weighted by Crippen LogP contribution is 2.02. The lowest BCUT2D eigenvalue weighted by atomic mass is 10.2. The number of nitrogens with one attached hydrogen (secondary N) is 2. The van der Waals surface area contributed by atoms with Crippen LogP contribution in [0.3, 0.4) is 0 Å². The number of halogens is 1. The number of rotatable bonds is 2. The van der Waals surface area contributed by atoms with Crippen molar-refractivity contribution < 1.29 is 9.18 Å². The van der Waals surface area contributed by atoms with Crippen molar-refractivity contribution in [3.05, 3.63) is 35.6 Å². The van der Waals surface area contributed by atoms with Crippen molar-refractivity contribution in [2.45, 2.75) is 0 Å². The maximum atomic E-state index is 12.6. The predicted molar refractivity (Wildman–Crippen MR) is 42.9 cm³/mol. The van der Waals surface area contributed by atoms with E-state index in [1.165, 1.54) is 24.3 Å². The molecule has 0 atom stereocenters. The van der Waals surface area contributed by atoms with Gasteiger partial charge in [-0.1, -0.05) is 6.07 Å². The molecule has 0 aromatic heterocycles. The minimum absolute atomic E-state index is 0.296. The fraction of sp³-hybridized carbons (Fsp3) is 0.125. The molecule has 0 unspecified atom stereocenters. The van der Waals surface area contributed by atoms with E-state index in [2.05, 4.69) is 10.9 Å². The molecule has 0 spiro atoms. The molecule has 3 nitrogen and oxygen atoms in total. The summed E-state index contributed by atoms with van der Waals surface area (Å²) in [5, 5.41) is 0. The number of benzene rings is 1. The van der Waals surface area contributed by atoms with Crippen molar-refractivity contribution in [1.29, 1.82) is 0 Å². The molecule has 12 heavy (non-hydrogen) atoms. The van der Waals surface area contributed by atoms with Gasteiger partial charge in [0.05, 0.1) is 0 Å². The van der Waals surface area contributed by atoms with Gasteiger partial charge in [0.1, 0.15) is 5.82 Å². The van der Waals surface area contributed by atoms with Gasteiger partial charge in [-0.2, -0.15) is 0 Å². The second kappa shape index (κ2) is 3.82. The van der Waals surface area contributed by atoms with Crippen LogP contribution in [0.15, 0.2) is 24.3 Å². The molecular weight excluding hydrogens is 159 g/mol. The highest BCUT2D eigenvalue weighted by Gasteiger charge is 2.03. The van der Waals surface area contributed by atoms with E-state index in [1.54, 1.807) is 7.05 Å². The van der Waals surface area contributed by atoms with Gasteiger partial charge in [-0.3, -0.25) is 10.2 Å². The lowest BCUT2D eigenvalue weighted by Gasteiger charge is -2.01. The highest BCUT2D eigenvalue weighted by molar-refractivity contribution is 5.93. The predicted octanol–water partition coefficient (Wildman–Crippen LogP) is 0.690. The molecule has 0 bridgehead atoms. The molecule has 0 aliphatic rings. The zero-order valence-electron chi connectivity index (χ0n) is 6.60. The van der Waals surface area contributed by atoms with Gasteiger partial charge < -0.3 is 0 Å². The van der Waals surface area contributed by atoms with E-state index in [9.17, 15) is 9.18 Å². The Hall–Kier alpha value is -1.42. The van der Waals surface area contributed by atoms with Crippen molar-refractivity contribution in [1.82, 2.24) is 10.9 Å². The maximum absolute atomic E-state index is 12.6. The molecule has 0 aliphatic carbocycles. The van der Waals surface area contributed by atoms with Crippen molar-refractivity contribution >= 4 is 5.91 Å². The van der Waals surface area contributed by atoms with E-state index in [0.29, 0.717) is 5.56 Å². The summed E-state index contributed by atoms with van der Waals surface area (Å²) in [6.45, 7) is 0. The first-order valence-electron chi connectivity index (χ1n) is 3.46. The third-order valence-electron chi connectivity index (χ3n) is 1.33. The second-order valence-corrected chi connectivity index (χ2v) is 2.21. The van der Waals surface area contributed by atoms with Crippen molar-refractivity contribution in [3.8, 4) is 0 Å². The molecule has 0 aliphatic heterocycles. The third-order valence-corrected chi connectivity index (χ3v) is 1.33. The Bertz CT molecular complexity index is 288. The molecule has 2 N–H and O–H groups in total. The summed E-state index contributed by atoms with van der Waals surface area (Å²) in [6, 6.07) is 5.48. The van der Waals surface area contributed by atoms with E-state index >= 15 is 0 Å². The lowest BCUT2D eigenvalue weighted by molar-refractivity contribution is 0.0937. The second-order valence-electron chi connectivity index (χ2n) is 2.21. The van der Waals surface area contributed by atoms with Crippen molar-refractivity contribution in [3.63, 3.8) is 0 Å². The molecule has 1 rings (SSSR count). The zero-order valence-corrected chi connectivity index (χ0v) is 6.60. The van der Waals surface area contributed by atoms with Crippen LogP contribution in [-0.2, 0) is 0 Å². The largest absolute Gasteiger partial charge is 0.288 e. The molecule has 64 valence electrons. The van der Waals surface area contributed by atoms with Crippen LogP contribution >= 0.6 is 0 Å². The summed E-state index contributed by atoms with van der Waals surface area (Å²) < 4.78 is 12.6. The molecule has 0 saturated carbocycles. The summed E-state index contributed by atoms with van der Waals surface area (Å²) in [5.74, 6) is -0.768. The summed E-state index contributed by atoms with van der Waals surface area (Å²) in [5.41, 5.74) is 5.09. The van der Waals surface area contributed by atoms with Crippen LogP contribution < -0.4 is 10.9 Å². The van der Waals surface area contributed by atoms with Crippen LogP contribution in [0.1, 0.15) is 10.4 Å². The molecular formula is C8H9FN2O. The standard InChI is InChI=1S/C8H9FN2O/c1-10-11-8(12)6-3-2-4-7(9)5-6/h2-5,10H,1H3,(H,11,12). The van der Waals surface area contributed by atoms with Crippen LogP contribution in [0.5, 0.6) is 0 Å². The minimum atomic E-state index is -0.418. The topological polar surface area (TPSA) is 41.1 Å². The van der Waals surface area contributed by atoms with Crippen LogP contribution in [0.4, 0.5) is 4.39 Å². The van der Waals surface area contributed by atoms with E-state index in [1.807, 2.05) is 0 Å². The Labute approximate surface area is 69.6 Å². The lowest BCUT2D eigenvalue weighted by Crippen LogP contribution is -2.34. The van der Waals surface area contributed by atoms with E-state index in [4.69, 9.17) is 0 Å². The molecule has 0 fully saturated rings. The smallest absolute Gasteiger partial charge is 0.265 e. The number of amides is 1. The number of hydrogen-bond donors (Lipinski definition) is 2. The Morgan fingerprint density at radius 2 is 2.25 bits per heavy atom. The van der Waals surface area contributed by atoms with Crippen LogP contribution in [0.2, 0.25) is 0 Å². The van der Waals surface area contributed by atoms with Gasteiger partial charge in [-0.05, 0) is 18.2 Å². The molecule has 1 aromatic rings. The van der Waals surface area contributed by atoms with E-state index in [0.717, 1.165) is 0 Å². The van der Waals surface area contributed by atoms with Gasteiger partial charge in [-0.25, -0.2) is 9.82 Å². The summed E-state index contributed by atoms with van der Waals surface area (Å²) >= 11 is 0. The van der Waals surface area contributed by atoms with Gasteiger partial charge in [0.25, 0.3) is 5.91 Å². The fourth-order valence-electron chi connectivity index (χ4n) is 0.815. The van der Waals surface area contributed by atoms with Gasteiger partial charge in [-0.15, -0.1) is 0 Å². The van der Waals surface area contributed by atoms with Gasteiger partial charge >= 0.3 is 0 Å². The number of carbonyl (C=O) groups excluding carboxylic acids is 1. The Morgan fingerprint density at radius 3 is 2.83 bits per heavy atom. The fourth-order valence-corrected chi connectivity index (χ4v) is 0.815. The maximum Gasteiger partial charge on any atom is 0.265 e. The van der Waals surface area contributed by atoms with E-state index in [-0.39, 0.29) is 5.91 Å². The first-order chi connectivity index (χ1) is 5.74. The molecule has 0 radical (unpaired) electrons. The average Bonchev–Trinajstić information content (AvgIpc) is 2.05. The van der Waals surface area contributed by atoms with Crippen molar-refractivity contribution in [2.75, 3.05) is 7.05 Å². The monoisotopic (exact) mass is 168 g/mol. The Balaban J connectivity index is 2.81. The number of hydrazine groups is 1. The Kier molecular flexibility index (Phi) is 2.76. The van der Waals surface area contributed by atoms with Gasteiger partial charge in [0, 0.05) is 12.6 Å². The molecule has 0 heterocycles. The first-order valence-corrected chi connectivity index (χ1v) is 3.46. The average molecular weight is 168 g/mol. The van der Waals surface area contributed by atoms with E-state index < -0.39 is 5.82 Å². The Morgan fingerprint density at radius 1 is 1.50 bits per heavy atom. The zero-order chi connectivity index (χ0) is 8.97. The summed E-state index contributed by atoms with van der Waals surface area (Å²) in [6.07, 6.45) is 0. The van der Waals surface area contributed by atoms with Gasteiger partial charge in [0.15, 0.2) is 0 Å². The number of carbonyl (C=O) groups is 1. The van der Waals surface area contributed by atoms with Crippen LogP contribution in [0.25, 0.3) is 0 Å². The molecule has 0 saturated heterocycles. The minimum Gasteiger partial charge on any atom is -0.288 e. The number of hydrogen-bond acceptors (Lipinski definition) is 2.